The Kier molecular flexibility index (Phi) is 3.75. The van der Waals surface area contributed by atoms with Crippen LogP contribution in [0.25, 0.3) is 0 Å². The van der Waals surface area contributed by atoms with Crippen molar-refractivity contribution in [2.45, 2.75) is 50.2 Å². The van der Waals surface area contributed by atoms with E-state index >= 15 is 0 Å². The number of nitrogens with zero attached hydrogens (tertiary/aromatic N) is 1. The van der Waals surface area contributed by atoms with Crippen LogP contribution >= 0.6 is 11.8 Å². The fourth-order valence-corrected chi connectivity index (χ4v) is 4.76. The van der Waals surface area contributed by atoms with Crippen molar-refractivity contribution in [1.29, 1.82) is 0 Å². The molecule has 3 fully saturated rings. The Hall–Kier alpha value is -1.04. The monoisotopic (exact) mass is 296 g/mol. The molecule has 6 heteroatoms. The van der Waals surface area contributed by atoms with Gasteiger partial charge in [-0.25, -0.2) is 4.79 Å². The maximum absolute atomic E-state index is 12.7. The Morgan fingerprint density at radius 1 is 1.15 bits per heavy atom. The lowest BCUT2D eigenvalue weighted by Crippen LogP contribution is -2.64. The first-order valence-corrected chi connectivity index (χ1v) is 8.47. The lowest BCUT2D eigenvalue weighted by Gasteiger charge is -2.38. The van der Waals surface area contributed by atoms with Crippen molar-refractivity contribution in [1.82, 2.24) is 10.2 Å². The zero-order chi connectivity index (χ0) is 14.2. The van der Waals surface area contributed by atoms with Gasteiger partial charge in [0, 0.05) is 11.8 Å². The largest absolute Gasteiger partial charge is 0.330 e. The number of carbonyl (C=O) groups is 3. The van der Waals surface area contributed by atoms with Crippen LogP contribution in [-0.2, 0) is 9.59 Å². The molecule has 20 heavy (non-hydrogen) atoms. The molecule has 110 valence electrons. The van der Waals surface area contributed by atoms with Gasteiger partial charge in [0.05, 0.1) is 0 Å². The van der Waals surface area contributed by atoms with Gasteiger partial charge in [-0.05, 0) is 31.4 Å². The van der Waals surface area contributed by atoms with Crippen LogP contribution in [0.1, 0.15) is 44.9 Å². The lowest BCUT2D eigenvalue weighted by atomic mass is 9.82. The molecule has 3 rings (SSSR count). The molecule has 2 heterocycles. The van der Waals surface area contributed by atoms with Crippen LogP contribution in [-0.4, -0.2) is 40.3 Å². The highest BCUT2D eigenvalue weighted by atomic mass is 32.2. The standard InChI is InChI=1S/C14H20N2O3S/c17-11-14(6-2-3-7-14)12(18)16(13(19)15-11)9-10-5-1-4-8-20-10/h10H,1-9H2,(H,15,17,19). The van der Waals surface area contributed by atoms with Crippen molar-refractivity contribution in [3.63, 3.8) is 0 Å². The minimum Gasteiger partial charge on any atom is -0.277 e. The summed E-state index contributed by atoms with van der Waals surface area (Å²) < 4.78 is 0. The topological polar surface area (TPSA) is 66.5 Å². The predicted molar refractivity (Wildman–Crippen MR) is 76.2 cm³/mol. The van der Waals surface area contributed by atoms with E-state index in [0.717, 1.165) is 31.4 Å². The zero-order valence-corrected chi connectivity index (χ0v) is 12.3. The van der Waals surface area contributed by atoms with Crippen molar-refractivity contribution < 1.29 is 14.4 Å². The summed E-state index contributed by atoms with van der Waals surface area (Å²) in [6.45, 7) is 0.449. The van der Waals surface area contributed by atoms with Gasteiger partial charge in [-0.15, -0.1) is 0 Å². The van der Waals surface area contributed by atoms with Crippen LogP contribution in [0.2, 0.25) is 0 Å². The van der Waals surface area contributed by atoms with Crippen LogP contribution in [0.4, 0.5) is 4.79 Å². The molecular weight excluding hydrogens is 276 g/mol. The van der Waals surface area contributed by atoms with E-state index in [1.54, 1.807) is 0 Å². The molecule has 2 saturated heterocycles. The number of nitrogens with one attached hydrogen (secondary N) is 1. The van der Waals surface area contributed by atoms with Gasteiger partial charge in [0.25, 0.3) is 0 Å². The third kappa shape index (κ3) is 2.24. The second kappa shape index (κ2) is 5.39. The maximum atomic E-state index is 12.7. The maximum Gasteiger partial charge on any atom is 0.330 e. The number of carbonyl (C=O) groups excluding carboxylic acids is 3. The minimum atomic E-state index is -0.951. The first-order chi connectivity index (χ1) is 9.63. The fourth-order valence-electron chi connectivity index (χ4n) is 3.47. The molecule has 4 amide bonds. The van der Waals surface area contributed by atoms with Gasteiger partial charge in [0.15, 0.2) is 0 Å². The molecule has 1 N–H and O–H groups in total. The molecule has 1 spiro atoms. The van der Waals surface area contributed by atoms with E-state index < -0.39 is 11.4 Å². The molecule has 1 saturated carbocycles. The summed E-state index contributed by atoms with van der Waals surface area (Å²) in [5.74, 6) is 0.464. The highest BCUT2D eigenvalue weighted by molar-refractivity contribution is 7.99. The van der Waals surface area contributed by atoms with E-state index in [0.29, 0.717) is 24.6 Å². The molecule has 0 bridgehead atoms. The number of rotatable bonds is 2. The Bertz CT molecular complexity index is 440. The van der Waals surface area contributed by atoms with E-state index in [4.69, 9.17) is 0 Å². The van der Waals surface area contributed by atoms with Crippen LogP contribution in [0.5, 0.6) is 0 Å². The number of amides is 4. The highest BCUT2D eigenvalue weighted by Gasteiger charge is 2.55. The zero-order valence-electron chi connectivity index (χ0n) is 11.5. The highest BCUT2D eigenvalue weighted by Crippen LogP contribution is 2.42. The van der Waals surface area contributed by atoms with Crippen molar-refractivity contribution in [3.8, 4) is 0 Å². The Morgan fingerprint density at radius 3 is 2.55 bits per heavy atom. The number of hydrogen-bond acceptors (Lipinski definition) is 4. The molecule has 2 aliphatic heterocycles. The summed E-state index contributed by atoms with van der Waals surface area (Å²) in [7, 11) is 0. The van der Waals surface area contributed by atoms with Crippen LogP contribution < -0.4 is 5.32 Å². The molecular formula is C14H20N2O3S. The van der Waals surface area contributed by atoms with Gasteiger partial charge < -0.3 is 0 Å². The Balaban J connectivity index is 1.77. The third-order valence-corrected chi connectivity index (χ3v) is 6.05. The van der Waals surface area contributed by atoms with Crippen molar-refractivity contribution in [2.75, 3.05) is 12.3 Å². The van der Waals surface area contributed by atoms with Crippen molar-refractivity contribution in [3.05, 3.63) is 0 Å². The van der Waals surface area contributed by atoms with Gasteiger partial charge in [0.1, 0.15) is 5.41 Å². The quantitative estimate of drug-likeness (QED) is 0.791. The molecule has 3 aliphatic rings. The normalized spacial score (nSPS) is 29.9. The minimum absolute atomic E-state index is 0.255. The molecule has 0 aromatic rings. The SMILES string of the molecule is O=C1NC(=O)C2(CCCC2)C(=O)N1CC1CCCCS1. The first kappa shape index (κ1) is 13.9. The third-order valence-electron chi connectivity index (χ3n) is 4.67. The van der Waals surface area contributed by atoms with Crippen LogP contribution in [0, 0.1) is 5.41 Å². The first-order valence-electron chi connectivity index (χ1n) is 7.42. The number of thioether (sulfide) groups is 1. The van der Waals surface area contributed by atoms with E-state index in [2.05, 4.69) is 5.32 Å². The van der Waals surface area contributed by atoms with E-state index in [9.17, 15) is 14.4 Å². The van der Waals surface area contributed by atoms with E-state index in [1.807, 2.05) is 11.8 Å². The van der Waals surface area contributed by atoms with Crippen LogP contribution in [0.3, 0.4) is 0 Å². The number of imide groups is 2. The second-order valence-electron chi connectivity index (χ2n) is 5.95. The van der Waals surface area contributed by atoms with Crippen LogP contribution in [0.15, 0.2) is 0 Å². The van der Waals surface area contributed by atoms with E-state index in [1.165, 1.54) is 11.3 Å². The summed E-state index contributed by atoms with van der Waals surface area (Å²) in [5.41, 5.74) is -0.951. The summed E-state index contributed by atoms with van der Waals surface area (Å²) in [4.78, 5) is 38.1. The molecule has 1 atom stereocenters. The van der Waals surface area contributed by atoms with Gasteiger partial charge in [-0.3, -0.25) is 19.8 Å². The average molecular weight is 296 g/mol. The number of urea groups is 1. The van der Waals surface area contributed by atoms with E-state index in [-0.39, 0.29) is 11.8 Å². The molecule has 0 radical (unpaired) electrons. The Morgan fingerprint density at radius 2 is 1.90 bits per heavy atom. The summed E-state index contributed by atoms with van der Waals surface area (Å²) in [6, 6.07) is -0.524. The Labute approximate surface area is 122 Å². The smallest absolute Gasteiger partial charge is 0.277 e. The molecule has 1 aliphatic carbocycles. The lowest BCUT2D eigenvalue weighted by molar-refractivity contribution is -0.151. The fraction of sp³-hybridized carbons (Fsp3) is 0.786. The summed E-state index contributed by atoms with van der Waals surface area (Å²) in [5, 5.41) is 2.72. The second-order valence-corrected chi connectivity index (χ2v) is 7.36. The predicted octanol–water partition coefficient (Wildman–Crippen LogP) is 1.91. The summed E-state index contributed by atoms with van der Waals surface area (Å²) in [6.07, 6.45) is 6.36. The van der Waals surface area contributed by atoms with Gasteiger partial charge in [-0.1, -0.05) is 19.3 Å². The summed E-state index contributed by atoms with van der Waals surface area (Å²) >= 11 is 1.83. The molecule has 0 aromatic heterocycles. The van der Waals surface area contributed by atoms with Gasteiger partial charge in [-0.2, -0.15) is 11.8 Å². The van der Waals surface area contributed by atoms with Crippen molar-refractivity contribution >= 4 is 29.6 Å². The van der Waals surface area contributed by atoms with Crippen molar-refractivity contribution in [2.24, 2.45) is 5.41 Å². The van der Waals surface area contributed by atoms with Gasteiger partial charge in [0.2, 0.25) is 11.8 Å². The average Bonchev–Trinajstić information content (AvgIpc) is 2.94. The molecule has 0 aromatic carbocycles. The number of hydrogen-bond donors (Lipinski definition) is 1. The number of barbiturate groups is 1. The molecule has 5 nitrogen and oxygen atoms in total. The molecule has 1 unspecified atom stereocenters. The van der Waals surface area contributed by atoms with Gasteiger partial charge >= 0.3 is 6.03 Å².